The molecule has 4 heteroatoms. The molecule has 0 aliphatic carbocycles. The lowest BCUT2D eigenvalue weighted by atomic mass is 10.0. The van der Waals surface area contributed by atoms with Gasteiger partial charge >= 0.3 is 0 Å². The van der Waals surface area contributed by atoms with Crippen molar-refractivity contribution in [3.05, 3.63) is 35.4 Å². The second-order valence-corrected chi connectivity index (χ2v) is 6.09. The van der Waals surface area contributed by atoms with E-state index in [1.807, 2.05) is 6.92 Å². The molecule has 1 atom stereocenters. The highest BCUT2D eigenvalue weighted by Gasteiger charge is 2.21. The molecule has 0 bridgehead atoms. The smallest absolute Gasteiger partial charge is 0.129 e. The molecular formula is C17H26F2N2. The van der Waals surface area contributed by atoms with Crippen molar-refractivity contribution < 1.29 is 8.78 Å². The fourth-order valence-corrected chi connectivity index (χ4v) is 3.13. The third-order valence-electron chi connectivity index (χ3n) is 4.22. The summed E-state index contributed by atoms with van der Waals surface area (Å²) < 4.78 is 27.3. The Morgan fingerprint density at radius 3 is 2.43 bits per heavy atom. The standard InChI is InChI=1S/C17H26F2N2/c1-3-9-21-10-7-14(8-11-21)20-13(2)12-15-16(18)5-4-6-17(15)19/h4-6,13-14,20H,3,7-12H2,1-2H3. The van der Waals surface area contributed by atoms with Crippen LogP contribution in [0.25, 0.3) is 0 Å². The van der Waals surface area contributed by atoms with Crippen LogP contribution in [0.3, 0.4) is 0 Å². The van der Waals surface area contributed by atoms with E-state index in [1.165, 1.54) is 31.2 Å². The second-order valence-electron chi connectivity index (χ2n) is 6.09. The molecule has 1 unspecified atom stereocenters. The van der Waals surface area contributed by atoms with Crippen molar-refractivity contribution >= 4 is 0 Å². The van der Waals surface area contributed by atoms with Gasteiger partial charge in [0.15, 0.2) is 0 Å². The predicted octanol–water partition coefficient (Wildman–Crippen LogP) is 3.36. The van der Waals surface area contributed by atoms with Crippen molar-refractivity contribution in [1.82, 2.24) is 10.2 Å². The summed E-state index contributed by atoms with van der Waals surface area (Å²) in [5, 5.41) is 3.52. The molecule has 0 amide bonds. The highest BCUT2D eigenvalue weighted by Crippen LogP contribution is 2.16. The zero-order chi connectivity index (χ0) is 15.2. The Hall–Kier alpha value is -1.00. The fraction of sp³-hybridized carbons (Fsp3) is 0.647. The quantitative estimate of drug-likeness (QED) is 0.866. The first kappa shape index (κ1) is 16.4. The molecule has 1 heterocycles. The van der Waals surface area contributed by atoms with Crippen LogP contribution < -0.4 is 5.32 Å². The van der Waals surface area contributed by atoms with Gasteiger partial charge in [0.2, 0.25) is 0 Å². The summed E-state index contributed by atoms with van der Waals surface area (Å²) in [5.41, 5.74) is 0.195. The van der Waals surface area contributed by atoms with Crippen molar-refractivity contribution in [2.24, 2.45) is 0 Å². The monoisotopic (exact) mass is 296 g/mol. The van der Waals surface area contributed by atoms with Gasteiger partial charge in [-0.25, -0.2) is 8.78 Å². The Morgan fingerprint density at radius 1 is 1.24 bits per heavy atom. The van der Waals surface area contributed by atoms with Crippen LogP contribution in [0.2, 0.25) is 0 Å². The van der Waals surface area contributed by atoms with E-state index in [1.54, 1.807) is 0 Å². The predicted molar refractivity (Wildman–Crippen MR) is 82.4 cm³/mol. The fourth-order valence-electron chi connectivity index (χ4n) is 3.13. The van der Waals surface area contributed by atoms with E-state index >= 15 is 0 Å². The van der Waals surface area contributed by atoms with Crippen LogP contribution in [0.4, 0.5) is 8.78 Å². The van der Waals surface area contributed by atoms with Gasteiger partial charge in [-0.05, 0) is 64.4 Å². The third-order valence-corrected chi connectivity index (χ3v) is 4.22. The first-order chi connectivity index (χ1) is 10.1. The lowest BCUT2D eigenvalue weighted by Crippen LogP contribution is -2.46. The van der Waals surface area contributed by atoms with E-state index in [0.29, 0.717) is 12.5 Å². The highest BCUT2D eigenvalue weighted by molar-refractivity contribution is 5.20. The first-order valence-electron chi connectivity index (χ1n) is 8.01. The third kappa shape index (κ3) is 4.75. The largest absolute Gasteiger partial charge is 0.311 e. The molecular weight excluding hydrogens is 270 g/mol. The molecule has 21 heavy (non-hydrogen) atoms. The lowest BCUT2D eigenvalue weighted by Gasteiger charge is -2.33. The number of halogens is 2. The van der Waals surface area contributed by atoms with E-state index in [0.717, 1.165) is 25.9 Å². The molecule has 1 aromatic rings. The van der Waals surface area contributed by atoms with Crippen LogP contribution in [0.1, 0.15) is 38.7 Å². The van der Waals surface area contributed by atoms with Gasteiger partial charge in [-0.2, -0.15) is 0 Å². The zero-order valence-corrected chi connectivity index (χ0v) is 13.0. The van der Waals surface area contributed by atoms with Gasteiger partial charge in [0, 0.05) is 17.6 Å². The summed E-state index contributed by atoms with van der Waals surface area (Å²) in [6, 6.07) is 4.61. The van der Waals surface area contributed by atoms with E-state index in [2.05, 4.69) is 17.1 Å². The van der Waals surface area contributed by atoms with Crippen LogP contribution in [0.5, 0.6) is 0 Å². The van der Waals surface area contributed by atoms with Crippen molar-refractivity contribution in [2.45, 2.75) is 51.6 Å². The summed E-state index contributed by atoms with van der Waals surface area (Å²) in [4.78, 5) is 2.49. The summed E-state index contributed by atoms with van der Waals surface area (Å²) in [6.07, 6.45) is 3.82. The number of hydrogen-bond acceptors (Lipinski definition) is 2. The van der Waals surface area contributed by atoms with Gasteiger partial charge in [-0.15, -0.1) is 0 Å². The summed E-state index contributed by atoms with van der Waals surface area (Å²) in [7, 11) is 0. The number of piperidine rings is 1. The maximum atomic E-state index is 13.7. The molecule has 0 radical (unpaired) electrons. The average Bonchev–Trinajstić information content (AvgIpc) is 2.45. The molecule has 1 aliphatic heterocycles. The molecule has 2 rings (SSSR count). The molecule has 0 aromatic heterocycles. The normalized spacial score (nSPS) is 18.9. The Balaban J connectivity index is 1.81. The summed E-state index contributed by atoms with van der Waals surface area (Å²) >= 11 is 0. The van der Waals surface area contributed by atoms with Crippen molar-refractivity contribution in [3.8, 4) is 0 Å². The van der Waals surface area contributed by atoms with Crippen molar-refractivity contribution in [2.75, 3.05) is 19.6 Å². The minimum Gasteiger partial charge on any atom is -0.311 e. The molecule has 1 aromatic carbocycles. The van der Waals surface area contributed by atoms with Crippen LogP contribution in [-0.2, 0) is 6.42 Å². The Bertz CT molecular complexity index is 422. The number of nitrogens with one attached hydrogen (secondary N) is 1. The number of hydrogen-bond donors (Lipinski definition) is 1. The Kier molecular flexibility index (Phi) is 6.12. The Labute approximate surface area is 126 Å². The van der Waals surface area contributed by atoms with E-state index in [4.69, 9.17) is 0 Å². The first-order valence-corrected chi connectivity index (χ1v) is 8.01. The van der Waals surface area contributed by atoms with E-state index in [9.17, 15) is 8.78 Å². The molecule has 1 aliphatic rings. The van der Waals surface area contributed by atoms with Gasteiger partial charge in [0.05, 0.1) is 0 Å². The number of benzene rings is 1. The van der Waals surface area contributed by atoms with Gasteiger partial charge in [0.1, 0.15) is 11.6 Å². The van der Waals surface area contributed by atoms with Gasteiger partial charge < -0.3 is 10.2 Å². The van der Waals surface area contributed by atoms with Gasteiger partial charge in [-0.1, -0.05) is 13.0 Å². The average molecular weight is 296 g/mol. The minimum atomic E-state index is -0.443. The van der Waals surface area contributed by atoms with Gasteiger partial charge in [0.25, 0.3) is 0 Å². The SMILES string of the molecule is CCCN1CCC(NC(C)Cc2c(F)cccc2F)CC1. The zero-order valence-electron chi connectivity index (χ0n) is 13.0. The molecule has 0 spiro atoms. The molecule has 118 valence electrons. The summed E-state index contributed by atoms with van der Waals surface area (Å²) in [5.74, 6) is -0.886. The van der Waals surface area contributed by atoms with Crippen LogP contribution in [-0.4, -0.2) is 36.6 Å². The lowest BCUT2D eigenvalue weighted by molar-refractivity contribution is 0.192. The molecule has 1 fully saturated rings. The van der Waals surface area contributed by atoms with Crippen molar-refractivity contribution in [1.29, 1.82) is 0 Å². The number of likely N-dealkylation sites (tertiary alicyclic amines) is 1. The molecule has 1 N–H and O–H groups in total. The topological polar surface area (TPSA) is 15.3 Å². The van der Waals surface area contributed by atoms with Crippen LogP contribution in [0.15, 0.2) is 18.2 Å². The molecule has 2 nitrogen and oxygen atoms in total. The second kappa shape index (κ2) is 7.85. The summed E-state index contributed by atoms with van der Waals surface area (Å²) in [6.45, 7) is 7.61. The van der Waals surface area contributed by atoms with E-state index in [-0.39, 0.29) is 11.6 Å². The maximum absolute atomic E-state index is 13.7. The minimum absolute atomic E-state index is 0.0825. The van der Waals surface area contributed by atoms with Crippen LogP contribution in [0, 0.1) is 11.6 Å². The number of rotatable bonds is 6. The molecule has 0 saturated carbocycles. The van der Waals surface area contributed by atoms with E-state index < -0.39 is 11.6 Å². The maximum Gasteiger partial charge on any atom is 0.129 e. The number of nitrogens with zero attached hydrogens (tertiary/aromatic N) is 1. The highest BCUT2D eigenvalue weighted by atomic mass is 19.1. The molecule has 1 saturated heterocycles. The van der Waals surface area contributed by atoms with Crippen LogP contribution >= 0.6 is 0 Å². The Morgan fingerprint density at radius 2 is 1.86 bits per heavy atom. The van der Waals surface area contributed by atoms with Crippen molar-refractivity contribution in [3.63, 3.8) is 0 Å². The van der Waals surface area contributed by atoms with Gasteiger partial charge in [-0.3, -0.25) is 0 Å².